The number of methoxy groups -OCH3 is 2. The van der Waals surface area contributed by atoms with Crippen LogP contribution in [0.1, 0.15) is 18.1 Å². The van der Waals surface area contributed by atoms with Crippen molar-refractivity contribution in [1.29, 1.82) is 0 Å². The summed E-state index contributed by atoms with van der Waals surface area (Å²) in [5.74, 6) is 0.917. The number of sulfonamides is 1. The molecule has 0 bridgehead atoms. The predicted molar refractivity (Wildman–Crippen MR) is 112 cm³/mol. The zero-order valence-electron chi connectivity index (χ0n) is 17.3. The molecule has 0 spiro atoms. The molecule has 0 aliphatic rings. The Kier molecular flexibility index (Phi) is 8.04. The number of aryl methyl sites for hydroxylation is 1. The van der Waals surface area contributed by atoms with Crippen LogP contribution in [0.25, 0.3) is 0 Å². The third kappa shape index (κ3) is 5.95. The minimum absolute atomic E-state index is 0.183. The zero-order valence-corrected chi connectivity index (χ0v) is 18.1. The van der Waals surface area contributed by atoms with E-state index in [9.17, 15) is 13.2 Å². The molecule has 0 atom stereocenters. The highest BCUT2D eigenvalue weighted by Crippen LogP contribution is 2.27. The first-order valence-corrected chi connectivity index (χ1v) is 10.8. The third-order valence-corrected chi connectivity index (χ3v) is 6.45. The van der Waals surface area contributed by atoms with Crippen LogP contribution in [0.4, 0.5) is 0 Å². The van der Waals surface area contributed by atoms with Crippen molar-refractivity contribution in [2.45, 2.75) is 25.2 Å². The largest absolute Gasteiger partial charge is 0.493 e. The molecule has 0 radical (unpaired) electrons. The quantitative estimate of drug-likeness (QED) is 0.638. The highest BCUT2D eigenvalue weighted by atomic mass is 32.2. The number of amides is 1. The molecule has 158 valence electrons. The van der Waals surface area contributed by atoms with Gasteiger partial charge in [0.05, 0.1) is 25.7 Å². The molecule has 0 saturated heterocycles. The van der Waals surface area contributed by atoms with Crippen LogP contribution in [-0.4, -0.2) is 52.5 Å². The number of nitrogens with one attached hydrogen (secondary N) is 1. The average Bonchev–Trinajstić information content (AvgIpc) is 2.72. The number of carbonyl (C=O) groups is 1. The average molecular weight is 421 g/mol. The SMILES string of the molecule is CCN(CC(=O)NCCc1ccc(OC)c(OC)c1)S(=O)(=O)c1ccc(C)cc1. The van der Waals surface area contributed by atoms with Crippen LogP contribution in [0.5, 0.6) is 11.5 Å². The first-order chi connectivity index (χ1) is 13.8. The van der Waals surface area contributed by atoms with Gasteiger partial charge in [0.2, 0.25) is 15.9 Å². The molecule has 2 aromatic rings. The predicted octanol–water partition coefficient (Wildman–Crippen LogP) is 2.38. The molecular formula is C21H28N2O5S. The molecule has 2 aromatic carbocycles. The highest BCUT2D eigenvalue weighted by Gasteiger charge is 2.25. The number of hydrogen-bond donors (Lipinski definition) is 1. The monoisotopic (exact) mass is 420 g/mol. The fourth-order valence-electron chi connectivity index (χ4n) is 2.82. The lowest BCUT2D eigenvalue weighted by Gasteiger charge is -2.20. The van der Waals surface area contributed by atoms with Crippen LogP contribution in [0, 0.1) is 6.92 Å². The summed E-state index contributed by atoms with van der Waals surface area (Å²) >= 11 is 0. The van der Waals surface area contributed by atoms with Crippen molar-refractivity contribution in [1.82, 2.24) is 9.62 Å². The molecule has 29 heavy (non-hydrogen) atoms. The number of likely N-dealkylation sites (N-methyl/N-ethyl adjacent to an activating group) is 1. The second kappa shape index (κ2) is 10.3. The Morgan fingerprint density at radius 1 is 1.03 bits per heavy atom. The Morgan fingerprint density at radius 2 is 1.69 bits per heavy atom. The van der Waals surface area contributed by atoms with E-state index >= 15 is 0 Å². The molecule has 0 saturated carbocycles. The summed E-state index contributed by atoms with van der Waals surface area (Å²) in [6.45, 7) is 3.97. The van der Waals surface area contributed by atoms with E-state index in [-0.39, 0.29) is 23.9 Å². The standard InChI is InChI=1S/C21H28N2O5S/c1-5-23(29(25,26)18-9-6-16(2)7-10-18)15-21(24)22-13-12-17-8-11-19(27-3)20(14-17)28-4/h6-11,14H,5,12-13,15H2,1-4H3,(H,22,24). The van der Waals surface area contributed by atoms with Crippen LogP contribution in [0.3, 0.4) is 0 Å². The summed E-state index contributed by atoms with van der Waals surface area (Å²) in [6.07, 6.45) is 0.586. The van der Waals surface area contributed by atoms with Crippen LogP contribution in [0.15, 0.2) is 47.4 Å². The number of carbonyl (C=O) groups excluding carboxylic acids is 1. The van der Waals surface area contributed by atoms with E-state index < -0.39 is 10.0 Å². The third-order valence-electron chi connectivity index (χ3n) is 4.52. The van der Waals surface area contributed by atoms with Gasteiger partial charge in [-0.15, -0.1) is 0 Å². The molecule has 1 N–H and O–H groups in total. The fraction of sp³-hybridized carbons (Fsp3) is 0.381. The topological polar surface area (TPSA) is 84.9 Å². The number of ether oxygens (including phenoxy) is 2. The summed E-state index contributed by atoms with van der Waals surface area (Å²) in [7, 11) is -0.577. The first kappa shape index (κ1) is 22.7. The van der Waals surface area contributed by atoms with Gasteiger partial charge in [0.15, 0.2) is 11.5 Å². The Balaban J connectivity index is 1.94. The van der Waals surface area contributed by atoms with Crippen molar-refractivity contribution >= 4 is 15.9 Å². The molecule has 0 aliphatic carbocycles. The van der Waals surface area contributed by atoms with Gasteiger partial charge in [-0.1, -0.05) is 30.7 Å². The van der Waals surface area contributed by atoms with Crippen LogP contribution >= 0.6 is 0 Å². The highest BCUT2D eigenvalue weighted by molar-refractivity contribution is 7.89. The van der Waals surface area contributed by atoms with E-state index in [4.69, 9.17) is 9.47 Å². The molecule has 1 amide bonds. The van der Waals surface area contributed by atoms with Crippen molar-refractivity contribution in [2.24, 2.45) is 0 Å². The zero-order chi connectivity index (χ0) is 21.4. The fourth-order valence-corrected chi connectivity index (χ4v) is 4.23. The Morgan fingerprint density at radius 3 is 2.28 bits per heavy atom. The normalized spacial score (nSPS) is 11.3. The maximum atomic E-state index is 12.8. The van der Waals surface area contributed by atoms with E-state index in [2.05, 4.69) is 5.32 Å². The van der Waals surface area contributed by atoms with E-state index in [1.165, 1.54) is 4.31 Å². The van der Waals surface area contributed by atoms with E-state index in [1.54, 1.807) is 45.4 Å². The van der Waals surface area contributed by atoms with Crippen molar-refractivity contribution in [2.75, 3.05) is 33.9 Å². The summed E-state index contributed by atoms with van der Waals surface area (Å²) in [6, 6.07) is 12.2. The van der Waals surface area contributed by atoms with Gasteiger partial charge in [0.25, 0.3) is 0 Å². The summed E-state index contributed by atoms with van der Waals surface area (Å²) in [4.78, 5) is 12.5. The molecule has 0 heterocycles. The summed E-state index contributed by atoms with van der Waals surface area (Å²) in [5, 5.41) is 2.78. The lowest BCUT2D eigenvalue weighted by atomic mass is 10.1. The van der Waals surface area contributed by atoms with E-state index in [1.807, 2.05) is 25.1 Å². The molecule has 0 fully saturated rings. The van der Waals surface area contributed by atoms with Gasteiger partial charge in [-0.05, 0) is 43.2 Å². The van der Waals surface area contributed by atoms with Crippen LogP contribution in [-0.2, 0) is 21.2 Å². The van der Waals surface area contributed by atoms with Crippen molar-refractivity contribution in [3.63, 3.8) is 0 Å². The molecule has 0 aromatic heterocycles. The Labute approximate surface area is 172 Å². The van der Waals surface area contributed by atoms with Gasteiger partial charge in [0.1, 0.15) is 0 Å². The number of nitrogens with zero attached hydrogens (tertiary/aromatic N) is 1. The maximum absolute atomic E-state index is 12.8. The van der Waals surface area contributed by atoms with Gasteiger partial charge in [0, 0.05) is 13.1 Å². The van der Waals surface area contributed by atoms with E-state index in [0.717, 1.165) is 11.1 Å². The second-order valence-electron chi connectivity index (χ2n) is 6.53. The molecule has 8 heteroatoms. The summed E-state index contributed by atoms with van der Waals surface area (Å²) < 4.78 is 37.2. The van der Waals surface area contributed by atoms with Crippen LogP contribution in [0.2, 0.25) is 0 Å². The van der Waals surface area contributed by atoms with Gasteiger partial charge >= 0.3 is 0 Å². The smallest absolute Gasteiger partial charge is 0.243 e. The lowest BCUT2D eigenvalue weighted by molar-refractivity contribution is -0.121. The number of rotatable bonds is 10. The van der Waals surface area contributed by atoms with Crippen molar-refractivity contribution in [3.8, 4) is 11.5 Å². The van der Waals surface area contributed by atoms with E-state index in [0.29, 0.717) is 24.5 Å². The lowest BCUT2D eigenvalue weighted by Crippen LogP contribution is -2.41. The molecule has 2 rings (SSSR count). The van der Waals surface area contributed by atoms with Gasteiger partial charge < -0.3 is 14.8 Å². The maximum Gasteiger partial charge on any atom is 0.243 e. The van der Waals surface area contributed by atoms with Crippen molar-refractivity contribution < 1.29 is 22.7 Å². The molecular weight excluding hydrogens is 392 g/mol. The first-order valence-electron chi connectivity index (χ1n) is 9.36. The molecule has 7 nitrogen and oxygen atoms in total. The van der Waals surface area contributed by atoms with Gasteiger partial charge in [-0.2, -0.15) is 4.31 Å². The number of benzene rings is 2. The number of hydrogen-bond acceptors (Lipinski definition) is 5. The van der Waals surface area contributed by atoms with Crippen molar-refractivity contribution in [3.05, 3.63) is 53.6 Å². The minimum Gasteiger partial charge on any atom is -0.493 e. The van der Waals surface area contributed by atoms with Gasteiger partial charge in [-0.25, -0.2) is 8.42 Å². The van der Waals surface area contributed by atoms with Crippen LogP contribution < -0.4 is 14.8 Å². The Bertz CT molecular complexity index is 927. The minimum atomic E-state index is -3.71. The molecule has 0 aliphatic heterocycles. The molecule has 0 unspecified atom stereocenters. The Hall–Kier alpha value is -2.58. The second-order valence-corrected chi connectivity index (χ2v) is 8.47. The summed E-state index contributed by atoms with van der Waals surface area (Å²) in [5.41, 5.74) is 1.95. The van der Waals surface area contributed by atoms with Gasteiger partial charge in [-0.3, -0.25) is 4.79 Å².